The van der Waals surface area contributed by atoms with Crippen LogP contribution in [0.25, 0.3) is 6.08 Å². The van der Waals surface area contributed by atoms with Gasteiger partial charge in [-0.1, -0.05) is 23.7 Å². The van der Waals surface area contributed by atoms with Gasteiger partial charge < -0.3 is 14.8 Å². The molecule has 0 radical (unpaired) electrons. The molecule has 2 aromatic carbocycles. The van der Waals surface area contributed by atoms with E-state index < -0.39 is 12.4 Å². The summed E-state index contributed by atoms with van der Waals surface area (Å²) in [5.41, 5.74) is 1.37. The lowest BCUT2D eigenvalue weighted by molar-refractivity contribution is -0.116. The van der Waals surface area contributed by atoms with Crippen LogP contribution in [0.4, 0.5) is 13.2 Å². The molecule has 0 aliphatic rings. The Bertz CT molecular complexity index is 828. The summed E-state index contributed by atoms with van der Waals surface area (Å²) in [6.45, 7) is -2.61. The van der Waals surface area contributed by atoms with Gasteiger partial charge in [-0.15, -0.1) is 0 Å². The van der Waals surface area contributed by atoms with Gasteiger partial charge in [0.1, 0.15) is 5.82 Å². The minimum absolute atomic E-state index is 0.0224. The molecule has 27 heavy (non-hydrogen) atoms. The molecule has 4 nitrogen and oxygen atoms in total. The third kappa shape index (κ3) is 6.53. The number of ether oxygens (including phenoxy) is 2. The van der Waals surface area contributed by atoms with Crippen molar-refractivity contribution in [3.05, 3.63) is 64.4 Å². The summed E-state index contributed by atoms with van der Waals surface area (Å²) in [6, 6.07) is 8.70. The largest absolute Gasteiger partial charge is 0.493 e. The first kappa shape index (κ1) is 20.6. The molecule has 0 saturated carbocycles. The van der Waals surface area contributed by atoms with Crippen molar-refractivity contribution < 1.29 is 27.4 Å². The maximum absolute atomic E-state index is 13.1. The normalized spacial score (nSPS) is 11.0. The van der Waals surface area contributed by atoms with E-state index in [2.05, 4.69) is 10.1 Å². The first-order valence-corrected chi connectivity index (χ1v) is 8.29. The maximum Gasteiger partial charge on any atom is 0.387 e. The molecule has 2 aromatic rings. The van der Waals surface area contributed by atoms with Crippen LogP contribution in [0.2, 0.25) is 5.02 Å². The van der Waals surface area contributed by atoms with E-state index in [0.29, 0.717) is 18.5 Å². The average Bonchev–Trinajstić information content (AvgIpc) is 2.63. The van der Waals surface area contributed by atoms with E-state index in [1.54, 1.807) is 12.1 Å². The molecule has 0 spiro atoms. The van der Waals surface area contributed by atoms with Crippen molar-refractivity contribution in [2.45, 2.75) is 13.0 Å². The van der Waals surface area contributed by atoms with Crippen molar-refractivity contribution >= 4 is 23.6 Å². The van der Waals surface area contributed by atoms with Crippen molar-refractivity contribution in [3.63, 3.8) is 0 Å². The number of benzene rings is 2. The number of carbonyl (C=O) groups excluding carboxylic acids is 1. The highest BCUT2D eigenvalue weighted by Crippen LogP contribution is 2.29. The van der Waals surface area contributed by atoms with Gasteiger partial charge in [-0.3, -0.25) is 4.79 Å². The van der Waals surface area contributed by atoms with Crippen molar-refractivity contribution in [2.24, 2.45) is 0 Å². The van der Waals surface area contributed by atoms with E-state index in [9.17, 15) is 18.0 Å². The molecule has 1 amide bonds. The second-order valence-corrected chi connectivity index (χ2v) is 5.82. The van der Waals surface area contributed by atoms with Gasteiger partial charge >= 0.3 is 6.61 Å². The highest BCUT2D eigenvalue weighted by atomic mass is 35.5. The lowest BCUT2D eigenvalue weighted by atomic mass is 10.1. The lowest BCUT2D eigenvalue weighted by Crippen LogP contribution is -2.23. The van der Waals surface area contributed by atoms with Crippen LogP contribution in [-0.4, -0.2) is 26.2 Å². The number of rotatable bonds is 8. The Morgan fingerprint density at radius 2 is 2.00 bits per heavy atom. The Labute approximate surface area is 159 Å². The molecule has 0 atom stereocenters. The highest BCUT2D eigenvalue weighted by molar-refractivity contribution is 6.30. The number of nitrogens with one attached hydrogen (secondary N) is 1. The molecule has 0 aliphatic heterocycles. The Kier molecular flexibility index (Phi) is 7.55. The van der Waals surface area contributed by atoms with Gasteiger partial charge in [0, 0.05) is 12.6 Å². The molecule has 8 heteroatoms. The first-order valence-electron chi connectivity index (χ1n) is 7.91. The van der Waals surface area contributed by atoms with Crippen LogP contribution in [0.3, 0.4) is 0 Å². The highest BCUT2D eigenvalue weighted by Gasteiger charge is 2.11. The molecule has 0 fully saturated rings. The number of alkyl halides is 2. The summed E-state index contributed by atoms with van der Waals surface area (Å²) in [6.07, 6.45) is 3.29. The zero-order valence-electron chi connectivity index (χ0n) is 14.3. The lowest BCUT2D eigenvalue weighted by Gasteiger charge is -2.11. The molecule has 0 aromatic heterocycles. The van der Waals surface area contributed by atoms with Crippen molar-refractivity contribution in [2.75, 3.05) is 13.7 Å². The number of hydrogen-bond acceptors (Lipinski definition) is 3. The molecule has 1 N–H and O–H groups in total. The number of hydrogen-bond donors (Lipinski definition) is 1. The molecule has 0 heterocycles. The maximum atomic E-state index is 13.1. The SMILES string of the molecule is COc1cc(CCNC(=O)/C=C/c2ccc(F)c(Cl)c2)ccc1OC(F)F. The van der Waals surface area contributed by atoms with Crippen LogP contribution >= 0.6 is 11.6 Å². The van der Waals surface area contributed by atoms with Crippen LogP contribution in [0.15, 0.2) is 42.5 Å². The predicted octanol–water partition coefficient (Wildman–Crippen LogP) is 4.46. The third-order valence-corrected chi connectivity index (χ3v) is 3.82. The molecular formula is C19H17ClF3NO3. The third-order valence-electron chi connectivity index (χ3n) is 3.53. The number of methoxy groups -OCH3 is 1. The van der Waals surface area contributed by atoms with E-state index >= 15 is 0 Å². The Morgan fingerprint density at radius 3 is 2.67 bits per heavy atom. The number of carbonyl (C=O) groups is 1. The molecule has 0 unspecified atom stereocenters. The first-order chi connectivity index (χ1) is 12.9. The molecule has 0 aliphatic carbocycles. The van der Waals surface area contributed by atoms with Gasteiger partial charge in [0.2, 0.25) is 5.91 Å². The standard InChI is InChI=1S/C19H17ClF3NO3/c1-26-17-11-13(3-6-16(17)27-19(22)23)8-9-24-18(25)7-4-12-2-5-15(21)14(20)10-12/h2-7,10-11,19H,8-9H2,1H3,(H,24,25)/b7-4+. The topological polar surface area (TPSA) is 47.6 Å². The molecule has 0 saturated heterocycles. The summed E-state index contributed by atoms with van der Waals surface area (Å²) in [7, 11) is 1.35. The van der Waals surface area contributed by atoms with Crippen molar-refractivity contribution in [1.82, 2.24) is 5.32 Å². The second-order valence-electron chi connectivity index (χ2n) is 5.41. The van der Waals surface area contributed by atoms with Crippen LogP contribution in [0.5, 0.6) is 11.5 Å². The van der Waals surface area contributed by atoms with Gasteiger partial charge in [-0.05, 0) is 47.9 Å². The Hall–Kier alpha value is -2.67. The zero-order valence-corrected chi connectivity index (χ0v) is 15.1. The van der Waals surface area contributed by atoms with Crippen LogP contribution in [0, 0.1) is 5.82 Å². The summed E-state index contributed by atoms with van der Waals surface area (Å²) in [5.74, 6) is -0.730. The summed E-state index contributed by atoms with van der Waals surface area (Å²) < 4.78 is 47.1. The van der Waals surface area contributed by atoms with Crippen molar-refractivity contribution in [1.29, 1.82) is 0 Å². The summed E-state index contributed by atoms with van der Waals surface area (Å²) in [5, 5.41) is 2.66. The number of amides is 1. The fraction of sp³-hybridized carbons (Fsp3) is 0.211. The smallest absolute Gasteiger partial charge is 0.387 e. The van der Waals surface area contributed by atoms with E-state index in [1.165, 1.54) is 43.5 Å². The molecule has 144 valence electrons. The van der Waals surface area contributed by atoms with Crippen LogP contribution in [-0.2, 0) is 11.2 Å². The monoisotopic (exact) mass is 399 g/mol. The minimum Gasteiger partial charge on any atom is -0.493 e. The van der Waals surface area contributed by atoms with E-state index in [1.807, 2.05) is 0 Å². The average molecular weight is 400 g/mol. The summed E-state index contributed by atoms with van der Waals surface area (Å²) >= 11 is 5.67. The fourth-order valence-corrected chi connectivity index (χ4v) is 2.43. The molecule has 2 rings (SSSR count). The van der Waals surface area contributed by atoms with E-state index in [4.69, 9.17) is 16.3 Å². The van der Waals surface area contributed by atoms with E-state index in [0.717, 1.165) is 5.56 Å². The van der Waals surface area contributed by atoms with E-state index in [-0.39, 0.29) is 22.4 Å². The van der Waals surface area contributed by atoms with Crippen LogP contribution < -0.4 is 14.8 Å². The predicted molar refractivity (Wildman–Crippen MR) is 96.8 cm³/mol. The molecule has 0 bridgehead atoms. The quantitative estimate of drug-likeness (QED) is 0.667. The van der Waals surface area contributed by atoms with Gasteiger partial charge in [-0.2, -0.15) is 8.78 Å². The summed E-state index contributed by atoms with van der Waals surface area (Å²) in [4.78, 5) is 11.8. The van der Waals surface area contributed by atoms with Gasteiger partial charge in [0.15, 0.2) is 11.5 Å². The Balaban J connectivity index is 1.87. The van der Waals surface area contributed by atoms with Gasteiger partial charge in [0.25, 0.3) is 0 Å². The number of halogens is 4. The van der Waals surface area contributed by atoms with Crippen LogP contribution in [0.1, 0.15) is 11.1 Å². The van der Waals surface area contributed by atoms with Crippen molar-refractivity contribution in [3.8, 4) is 11.5 Å². The molecular weight excluding hydrogens is 383 g/mol. The zero-order chi connectivity index (χ0) is 19.8. The van der Waals surface area contributed by atoms with Gasteiger partial charge in [-0.25, -0.2) is 4.39 Å². The second kappa shape index (κ2) is 9.87. The van der Waals surface area contributed by atoms with Gasteiger partial charge in [0.05, 0.1) is 12.1 Å². The fourth-order valence-electron chi connectivity index (χ4n) is 2.24. The minimum atomic E-state index is -2.94. The Morgan fingerprint density at radius 1 is 1.22 bits per heavy atom.